The number of aromatic hydroxyl groups is 1. The molecule has 20 heavy (non-hydrogen) atoms. The van der Waals surface area contributed by atoms with Gasteiger partial charge in [0.25, 0.3) is 0 Å². The summed E-state index contributed by atoms with van der Waals surface area (Å²) in [7, 11) is 0. The van der Waals surface area contributed by atoms with Crippen LogP contribution < -0.4 is 10.1 Å². The maximum Gasteiger partial charge on any atom is 0.161 e. The maximum atomic E-state index is 13.4. The lowest BCUT2D eigenvalue weighted by molar-refractivity contribution is 0.147. The lowest BCUT2D eigenvalue weighted by atomic mass is 10.0. The number of alkyl halides is 1. The van der Waals surface area contributed by atoms with Gasteiger partial charge in [0.15, 0.2) is 11.5 Å². The number of nitrogens with one attached hydrogen (secondary N) is 1. The summed E-state index contributed by atoms with van der Waals surface area (Å²) in [6.07, 6.45) is 0. The Morgan fingerprint density at radius 3 is 2.70 bits per heavy atom. The van der Waals surface area contributed by atoms with Crippen LogP contribution in [0.1, 0.15) is 18.5 Å². The molecule has 2 N–H and O–H groups in total. The minimum Gasteiger partial charge on any atom is -0.504 e. The van der Waals surface area contributed by atoms with Gasteiger partial charge in [0, 0.05) is 26.2 Å². The van der Waals surface area contributed by atoms with Crippen molar-refractivity contribution in [1.82, 2.24) is 10.2 Å². The Hall–Kier alpha value is -1.04. The van der Waals surface area contributed by atoms with Gasteiger partial charge in [-0.1, -0.05) is 6.07 Å². The molecule has 1 fully saturated rings. The SMILES string of the molecule is CCOc1cc([C@H](CF)N2CCNCC2)ccc1O.Cl. The minimum atomic E-state index is -0.434. The number of nitrogens with zero attached hydrogens (tertiary/aromatic N) is 1. The van der Waals surface area contributed by atoms with Crippen LogP contribution in [0.5, 0.6) is 11.5 Å². The van der Waals surface area contributed by atoms with Crippen molar-refractivity contribution in [3.63, 3.8) is 0 Å². The highest BCUT2D eigenvalue weighted by Crippen LogP contribution is 2.31. The second kappa shape index (κ2) is 8.29. The third kappa shape index (κ3) is 3.98. The fraction of sp³-hybridized carbons (Fsp3) is 0.571. The highest BCUT2D eigenvalue weighted by atomic mass is 35.5. The maximum absolute atomic E-state index is 13.4. The molecule has 0 unspecified atom stereocenters. The molecule has 1 heterocycles. The van der Waals surface area contributed by atoms with Gasteiger partial charge in [-0.15, -0.1) is 12.4 Å². The van der Waals surface area contributed by atoms with E-state index in [0.29, 0.717) is 12.4 Å². The van der Waals surface area contributed by atoms with Crippen LogP contribution in [-0.2, 0) is 0 Å². The molecule has 0 saturated carbocycles. The zero-order chi connectivity index (χ0) is 13.7. The van der Waals surface area contributed by atoms with Crippen molar-refractivity contribution < 1.29 is 14.2 Å². The normalized spacial score (nSPS) is 17.3. The molecule has 114 valence electrons. The molecule has 6 heteroatoms. The van der Waals surface area contributed by atoms with E-state index in [4.69, 9.17) is 4.74 Å². The van der Waals surface area contributed by atoms with Crippen LogP contribution in [0, 0.1) is 0 Å². The van der Waals surface area contributed by atoms with E-state index < -0.39 is 6.67 Å². The summed E-state index contributed by atoms with van der Waals surface area (Å²) in [6.45, 7) is 5.33. The molecule has 1 saturated heterocycles. The number of benzene rings is 1. The van der Waals surface area contributed by atoms with Crippen molar-refractivity contribution in [1.29, 1.82) is 0 Å². The largest absolute Gasteiger partial charge is 0.504 e. The van der Waals surface area contributed by atoms with Gasteiger partial charge in [0.2, 0.25) is 0 Å². The molecule has 1 atom stereocenters. The van der Waals surface area contributed by atoms with Crippen LogP contribution in [0.3, 0.4) is 0 Å². The minimum absolute atomic E-state index is 0. The van der Waals surface area contributed by atoms with Crippen LogP contribution in [-0.4, -0.2) is 49.5 Å². The Labute approximate surface area is 125 Å². The molecule has 0 radical (unpaired) electrons. The van der Waals surface area contributed by atoms with E-state index in [9.17, 15) is 9.50 Å². The summed E-state index contributed by atoms with van der Waals surface area (Å²) < 4.78 is 18.7. The first kappa shape index (κ1) is 17.0. The predicted molar refractivity (Wildman–Crippen MR) is 79.7 cm³/mol. The molecule has 0 bridgehead atoms. The van der Waals surface area contributed by atoms with E-state index >= 15 is 0 Å². The summed E-state index contributed by atoms with van der Waals surface area (Å²) in [5.74, 6) is 0.525. The molecule has 1 aromatic rings. The summed E-state index contributed by atoms with van der Waals surface area (Å²) in [5.41, 5.74) is 0.852. The first-order valence-corrected chi connectivity index (χ1v) is 6.72. The van der Waals surface area contributed by atoms with Crippen LogP contribution >= 0.6 is 12.4 Å². The van der Waals surface area contributed by atoms with Crippen molar-refractivity contribution in [3.05, 3.63) is 23.8 Å². The van der Waals surface area contributed by atoms with Crippen LogP contribution in [0.15, 0.2) is 18.2 Å². The van der Waals surface area contributed by atoms with Crippen molar-refractivity contribution in [3.8, 4) is 11.5 Å². The second-order valence-corrected chi connectivity index (χ2v) is 4.62. The van der Waals surface area contributed by atoms with Crippen LogP contribution in [0.2, 0.25) is 0 Å². The van der Waals surface area contributed by atoms with E-state index in [1.807, 2.05) is 6.92 Å². The number of ether oxygens (including phenoxy) is 1. The Morgan fingerprint density at radius 1 is 1.40 bits per heavy atom. The van der Waals surface area contributed by atoms with Crippen molar-refractivity contribution in [2.45, 2.75) is 13.0 Å². The van der Waals surface area contributed by atoms with Gasteiger partial charge in [-0.05, 0) is 24.6 Å². The van der Waals surface area contributed by atoms with Gasteiger partial charge in [-0.2, -0.15) is 0 Å². The topological polar surface area (TPSA) is 44.7 Å². The number of piperazine rings is 1. The molecule has 1 aliphatic heterocycles. The lowest BCUT2D eigenvalue weighted by Gasteiger charge is -2.33. The van der Waals surface area contributed by atoms with Crippen molar-refractivity contribution in [2.24, 2.45) is 0 Å². The van der Waals surface area contributed by atoms with E-state index in [2.05, 4.69) is 10.2 Å². The number of halogens is 2. The Morgan fingerprint density at radius 2 is 2.10 bits per heavy atom. The van der Waals surface area contributed by atoms with Gasteiger partial charge < -0.3 is 15.2 Å². The first-order valence-electron chi connectivity index (χ1n) is 6.72. The second-order valence-electron chi connectivity index (χ2n) is 4.62. The Balaban J connectivity index is 0.00000200. The average Bonchev–Trinajstić information content (AvgIpc) is 2.44. The number of rotatable bonds is 5. The molecule has 0 aromatic heterocycles. The molecule has 1 aromatic carbocycles. The molecule has 1 aliphatic rings. The fourth-order valence-electron chi connectivity index (χ4n) is 2.40. The van der Waals surface area contributed by atoms with Gasteiger partial charge in [0.05, 0.1) is 12.6 Å². The summed E-state index contributed by atoms with van der Waals surface area (Å²) in [5, 5.41) is 12.9. The van der Waals surface area contributed by atoms with Gasteiger partial charge in [-0.25, -0.2) is 4.39 Å². The zero-order valence-corrected chi connectivity index (χ0v) is 12.5. The molecular formula is C14H22ClFN2O2. The molecule has 0 aliphatic carbocycles. The molecular weight excluding hydrogens is 283 g/mol. The smallest absolute Gasteiger partial charge is 0.161 e. The Kier molecular flexibility index (Phi) is 7.05. The monoisotopic (exact) mass is 304 g/mol. The first-order chi connectivity index (χ1) is 9.26. The van der Waals surface area contributed by atoms with E-state index in [-0.39, 0.29) is 24.2 Å². The van der Waals surface area contributed by atoms with Gasteiger partial charge >= 0.3 is 0 Å². The summed E-state index contributed by atoms with van der Waals surface area (Å²) >= 11 is 0. The van der Waals surface area contributed by atoms with E-state index in [1.165, 1.54) is 0 Å². The third-order valence-electron chi connectivity index (χ3n) is 3.41. The van der Waals surface area contributed by atoms with E-state index in [0.717, 1.165) is 31.7 Å². The Bertz CT molecular complexity index is 414. The quantitative estimate of drug-likeness (QED) is 0.875. The number of hydrogen-bond donors (Lipinski definition) is 2. The zero-order valence-electron chi connectivity index (χ0n) is 11.6. The number of phenols is 1. The highest BCUT2D eigenvalue weighted by Gasteiger charge is 2.23. The van der Waals surface area contributed by atoms with Crippen molar-refractivity contribution in [2.75, 3.05) is 39.5 Å². The van der Waals surface area contributed by atoms with Crippen LogP contribution in [0.4, 0.5) is 4.39 Å². The molecule has 2 rings (SSSR count). The third-order valence-corrected chi connectivity index (χ3v) is 3.41. The fourth-order valence-corrected chi connectivity index (χ4v) is 2.40. The van der Waals surface area contributed by atoms with Crippen molar-refractivity contribution >= 4 is 12.4 Å². The molecule has 4 nitrogen and oxygen atoms in total. The van der Waals surface area contributed by atoms with E-state index in [1.54, 1.807) is 18.2 Å². The van der Waals surface area contributed by atoms with Gasteiger partial charge in [-0.3, -0.25) is 4.90 Å². The predicted octanol–water partition coefficient (Wildman–Crippen LogP) is 2.13. The summed E-state index contributed by atoms with van der Waals surface area (Å²) in [6, 6.07) is 4.82. The van der Waals surface area contributed by atoms with Crippen LogP contribution in [0.25, 0.3) is 0 Å². The highest BCUT2D eigenvalue weighted by molar-refractivity contribution is 5.85. The molecule has 0 amide bonds. The lowest BCUT2D eigenvalue weighted by Crippen LogP contribution is -2.45. The average molecular weight is 305 g/mol. The molecule has 0 spiro atoms. The standard InChI is InChI=1S/C14H21FN2O2.ClH/c1-2-19-14-9-11(3-4-13(14)18)12(10-15)17-7-5-16-6-8-17;/h3-4,9,12,16,18H,2,5-8,10H2,1H3;1H/t12-;/m0./s1. The number of hydrogen-bond acceptors (Lipinski definition) is 4. The van der Waals surface area contributed by atoms with Gasteiger partial charge in [0.1, 0.15) is 6.67 Å². The summed E-state index contributed by atoms with van der Waals surface area (Å²) in [4.78, 5) is 2.12. The number of phenolic OH excluding ortho intramolecular Hbond substituents is 1.